The Labute approximate surface area is 93.4 Å². The quantitative estimate of drug-likeness (QED) is 0.719. The highest BCUT2D eigenvalue weighted by atomic mass is 32.2. The van der Waals surface area contributed by atoms with Crippen molar-refractivity contribution in [3.05, 3.63) is 0 Å². The Morgan fingerprint density at radius 1 is 1.40 bits per heavy atom. The summed E-state index contributed by atoms with van der Waals surface area (Å²) in [6.07, 6.45) is 1.65. The first kappa shape index (κ1) is 12.6. The Balaban J connectivity index is 2.35. The number of carbonyl (C=O) groups is 1. The molecule has 5 heteroatoms. The van der Waals surface area contributed by atoms with Gasteiger partial charge in [0.05, 0.1) is 0 Å². The van der Waals surface area contributed by atoms with Crippen LogP contribution in [-0.2, 0) is 15.6 Å². The summed E-state index contributed by atoms with van der Waals surface area (Å²) < 4.78 is 11.1. The van der Waals surface area contributed by atoms with Crippen LogP contribution in [0.1, 0.15) is 26.7 Å². The SMILES string of the molecule is CC(N)C(C)C(=O)NC1CCS(=O)CC1. The van der Waals surface area contributed by atoms with E-state index >= 15 is 0 Å². The van der Waals surface area contributed by atoms with Gasteiger partial charge in [0.2, 0.25) is 5.91 Å². The highest BCUT2D eigenvalue weighted by molar-refractivity contribution is 7.85. The summed E-state index contributed by atoms with van der Waals surface area (Å²) in [4.78, 5) is 11.7. The Morgan fingerprint density at radius 3 is 2.40 bits per heavy atom. The Bertz CT molecular complexity index is 246. The van der Waals surface area contributed by atoms with E-state index in [2.05, 4.69) is 5.32 Å². The molecule has 15 heavy (non-hydrogen) atoms. The molecule has 0 bridgehead atoms. The number of amides is 1. The number of rotatable bonds is 3. The smallest absolute Gasteiger partial charge is 0.224 e. The molecule has 1 rings (SSSR count). The molecule has 1 aliphatic heterocycles. The van der Waals surface area contributed by atoms with Crippen LogP contribution in [0.2, 0.25) is 0 Å². The van der Waals surface area contributed by atoms with E-state index in [1.165, 1.54) is 0 Å². The van der Waals surface area contributed by atoms with Gasteiger partial charge in [0, 0.05) is 40.3 Å². The minimum atomic E-state index is -0.671. The van der Waals surface area contributed by atoms with Gasteiger partial charge < -0.3 is 11.1 Å². The summed E-state index contributed by atoms with van der Waals surface area (Å²) in [5.41, 5.74) is 5.65. The molecular weight excluding hydrogens is 212 g/mol. The van der Waals surface area contributed by atoms with Gasteiger partial charge in [0.25, 0.3) is 0 Å². The van der Waals surface area contributed by atoms with Gasteiger partial charge in [-0.2, -0.15) is 0 Å². The topological polar surface area (TPSA) is 72.2 Å². The zero-order valence-corrected chi connectivity index (χ0v) is 10.2. The molecule has 1 fully saturated rings. The van der Waals surface area contributed by atoms with Crippen LogP contribution in [0.15, 0.2) is 0 Å². The normalized spacial score (nSPS) is 30.6. The summed E-state index contributed by atoms with van der Waals surface area (Å²) in [7, 11) is -0.671. The molecule has 0 radical (unpaired) electrons. The highest BCUT2D eigenvalue weighted by Crippen LogP contribution is 2.10. The zero-order chi connectivity index (χ0) is 11.4. The second kappa shape index (κ2) is 5.61. The van der Waals surface area contributed by atoms with Gasteiger partial charge in [-0.1, -0.05) is 6.92 Å². The van der Waals surface area contributed by atoms with Crippen molar-refractivity contribution in [2.24, 2.45) is 11.7 Å². The summed E-state index contributed by atoms with van der Waals surface area (Å²) >= 11 is 0. The molecule has 1 saturated heterocycles. The third-order valence-electron chi connectivity index (χ3n) is 2.94. The summed E-state index contributed by atoms with van der Waals surface area (Å²) in [6.45, 7) is 3.67. The highest BCUT2D eigenvalue weighted by Gasteiger charge is 2.23. The molecule has 4 nitrogen and oxygen atoms in total. The molecule has 1 heterocycles. The van der Waals surface area contributed by atoms with E-state index in [1.807, 2.05) is 13.8 Å². The van der Waals surface area contributed by atoms with Crippen LogP contribution in [0.5, 0.6) is 0 Å². The van der Waals surface area contributed by atoms with Crippen molar-refractivity contribution in [1.82, 2.24) is 5.32 Å². The van der Waals surface area contributed by atoms with E-state index < -0.39 is 10.8 Å². The van der Waals surface area contributed by atoms with E-state index in [-0.39, 0.29) is 23.9 Å². The molecule has 0 aromatic carbocycles. The van der Waals surface area contributed by atoms with Crippen LogP contribution in [0, 0.1) is 5.92 Å². The third kappa shape index (κ3) is 3.91. The lowest BCUT2D eigenvalue weighted by molar-refractivity contribution is -0.125. The molecular formula is C10H20N2O2S. The predicted molar refractivity (Wildman–Crippen MR) is 61.9 cm³/mol. The van der Waals surface area contributed by atoms with Crippen LogP contribution < -0.4 is 11.1 Å². The van der Waals surface area contributed by atoms with Crippen LogP contribution in [0.4, 0.5) is 0 Å². The van der Waals surface area contributed by atoms with Crippen LogP contribution in [-0.4, -0.2) is 33.7 Å². The average Bonchev–Trinajstić information content (AvgIpc) is 2.20. The van der Waals surface area contributed by atoms with Crippen LogP contribution >= 0.6 is 0 Å². The average molecular weight is 232 g/mol. The van der Waals surface area contributed by atoms with Crippen molar-refractivity contribution in [1.29, 1.82) is 0 Å². The maximum absolute atomic E-state index is 11.7. The van der Waals surface area contributed by atoms with Crippen molar-refractivity contribution in [2.75, 3.05) is 11.5 Å². The second-order valence-electron chi connectivity index (χ2n) is 4.28. The minimum absolute atomic E-state index is 0.0164. The van der Waals surface area contributed by atoms with Crippen molar-refractivity contribution in [3.8, 4) is 0 Å². The van der Waals surface area contributed by atoms with Crippen molar-refractivity contribution in [2.45, 2.75) is 38.8 Å². The fourth-order valence-electron chi connectivity index (χ4n) is 1.51. The Hall–Kier alpha value is -0.420. The van der Waals surface area contributed by atoms with E-state index in [0.29, 0.717) is 11.5 Å². The lowest BCUT2D eigenvalue weighted by Gasteiger charge is -2.25. The number of carbonyl (C=O) groups excluding carboxylic acids is 1. The van der Waals surface area contributed by atoms with Gasteiger partial charge in [0.1, 0.15) is 0 Å². The van der Waals surface area contributed by atoms with Gasteiger partial charge in [0.15, 0.2) is 0 Å². The van der Waals surface area contributed by atoms with Gasteiger partial charge >= 0.3 is 0 Å². The van der Waals surface area contributed by atoms with Gasteiger partial charge in [-0.05, 0) is 19.8 Å². The molecule has 0 saturated carbocycles. The fourth-order valence-corrected chi connectivity index (χ4v) is 2.81. The molecule has 2 atom stereocenters. The lowest BCUT2D eigenvalue weighted by atomic mass is 10.0. The lowest BCUT2D eigenvalue weighted by Crippen LogP contribution is -2.45. The number of nitrogens with two attached hydrogens (primary N) is 1. The van der Waals surface area contributed by atoms with Gasteiger partial charge in [-0.3, -0.25) is 9.00 Å². The molecule has 1 aliphatic rings. The van der Waals surface area contributed by atoms with Crippen molar-refractivity contribution >= 4 is 16.7 Å². The first-order chi connectivity index (χ1) is 7.00. The molecule has 3 N–H and O–H groups in total. The van der Waals surface area contributed by atoms with E-state index in [9.17, 15) is 9.00 Å². The maximum Gasteiger partial charge on any atom is 0.224 e. The van der Waals surface area contributed by atoms with Crippen LogP contribution in [0.25, 0.3) is 0 Å². The van der Waals surface area contributed by atoms with Crippen LogP contribution in [0.3, 0.4) is 0 Å². The Morgan fingerprint density at radius 2 is 1.93 bits per heavy atom. The molecule has 0 aromatic rings. The summed E-state index contributed by atoms with van der Waals surface area (Å²) in [5, 5.41) is 2.97. The van der Waals surface area contributed by atoms with Gasteiger partial charge in [-0.25, -0.2) is 0 Å². The minimum Gasteiger partial charge on any atom is -0.353 e. The summed E-state index contributed by atoms with van der Waals surface area (Å²) in [5.74, 6) is 1.27. The number of hydrogen-bond donors (Lipinski definition) is 2. The molecule has 2 unspecified atom stereocenters. The molecule has 88 valence electrons. The largest absolute Gasteiger partial charge is 0.353 e. The number of hydrogen-bond acceptors (Lipinski definition) is 3. The van der Waals surface area contributed by atoms with E-state index in [4.69, 9.17) is 5.73 Å². The third-order valence-corrected chi connectivity index (χ3v) is 4.32. The monoisotopic (exact) mass is 232 g/mol. The van der Waals surface area contributed by atoms with E-state index in [1.54, 1.807) is 0 Å². The van der Waals surface area contributed by atoms with Gasteiger partial charge in [-0.15, -0.1) is 0 Å². The standard InChI is InChI=1S/C10H20N2O2S/c1-7(8(2)11)10(13)12-9-3-5-15(14)6-4-9/h7-9H,3-6,11H2,1-2H3,(H,12,13). The summed E-state index contributed by atoms with van der Waals surface area (Å²) in [6, 6.07) is 0.0686. The second-order valence-corrected chi connectivity index (χ2v) is 5.97. The zero-order valence-electron chi connectivity index (χ0n) is 9.36. The molecule has 0 aromatic heterocycles. The van der Waals surface area contributed by atoms with E-state index in [0.717, 1.165) is 12.8 Å². The first-order valence-corrected chi connectivity index (χ1v) is 6.90. The fraction of sp³-hybridized carbons (Fsp3) is 0.900. The first-order valence-electron chi connectivity index (χ1n) is 5.41. The molecule has 0 spiro atoms. The molecule has 1 amide bonds. The predicted octanol–water partition coefficient (Wildman–Crippen LogP) is -0.00300. The van der Waals surface area contributed by atoms with Crippen molar-refractivity contribution in [3.63, 3.8) is 0 Å². The maximum atomic E-state index is 11.7. The molecule has 0 aliphatic carbocycles. The van der Waals surface area contributed by atoms with Crippen molar-refractivity contribution < 1.29 is 9.00 Å². The number of nitrogens with one attached hydrogen (secondary N) is 1. The Kier molecular flexibility index (Phi) is 4.73.